The zero-order valence-electron chi connectivity index (χ0n) is 12.4. The van der Waals surface area contributed by atoms with Crippen molar-refractivity contribution in [2.75, 3.05) is 12.4 Å². The third-order valence-electron chi connectivity index (χ3n) is 3.31. The van der Waals surface area contributed by atoms with Crippen molar-refractivity contribution in [3.05, 3.63) is 42.2 Å². The highest BCUT2D eigenvalue weighted by atomic mass is 32.2. The van der Waals surface area contributed by atoms with Crippen molar-refractivity contribution in [1.82, 2.24) is 14.3 Å². The largest absolute Gasteiger partial charge is 0.345 e. The molecule has 0 spiro atoms. The average Bonchev–Trinajstić information content (AvgIpc) is 3.10. The summed E-state index contributed by atoms with van der Waals surface area (Å²) in [4.78, 5) is 16.7. The summed E-state index contributed by atoms with van der Waals surface area (Å²) in [5, 5.41) is 3.17. The van der Waals surface area contributed by atoms with E-state index in [0.717, 1.165) is 10.2 Å². The number of fused-ring (bicyclic) bond motifs is 1. The molecule has 0 unspecified atom stereocenters. The molecule has 2 N–H and O–H groups in total. The zero-order valence-corrected chi connectivity index (χ0v) is 14.0. The second-order valence-corrected chi connectivity index (χ2v) is 7.74. The van der Waals surface area contributed by atoms with E-state index in [9.17, 15) is 13.2 Å². The molecule has 2 heterocycles. The zero-order chi connectivity index (χ0) is 16.6. The molecule has 3 rings (SSSR count). The van der Waals surface area contributed by atoms with E-state index in [1.165, 1.54) is 35.2 Å². The molecule has 1 amide bonds. The molecule has 0 atom stereocenters. The van der Waals surface area contributed by atoms with Crippen LogP contribution in [0.25, 0.3) is 10.2 Å². The van der Waals surface area contributed by atoms with Crippen molar-refractivity contribution in [3.63, 3.8) is 0 Å². The van der Waals surface area contributed by atoms with Gasteiger partial charge in [-0.25, -0.2) is 18.1 Å². The van der Waals surface area contributed by atoms with Gasteiger partial charge in [-0.05, 0) is 25.2 Å². The Bertz CT molecular complexity index is 956. The van der Waals surface area contributed by atoms with E-state index < -0.39 is 15.9 Å². The molecular formula is C14H14N4O3S2. The molecular weight excluding hydrogens is 336 g/mol. The number of hydrogen-bond acceptors (Lipinski definition) is 5. The summed E-state index contributed by atoms with van der Waals surface area (Å²) in [5.74, 6) is -0.413. The smallest absolute Gasteiger partial charge is 0.274 e. The van der Waals surface area contributed by atoms with E-state index >= 15 is 0 Å². The molecule has 3 aromatic rings. The van der Waals surface area contributed by atoms with Crippen LogP contribution in [0.2, 0.25) is 0 Å². The average molecular weight is 350 g/mol. The fraction of sp³-hybridized carbons (Fsp3) is 0.143. The van der Waals surface area contributed by atoms with Gasteiger partial charge >= 0.3 is 0 Å². The number of aromatic nitrogens is 2. The van der Waals surface area contributed by atoms with Crippen molar-refractivity contribution in [3.8, 4) is 0 Å². The lowest BCUT2D eigenvalue weighted by molar-refractivity contribution is 0.101. The maximum absolute atomic E-state index is 12.4. The molecule has 120 valence electrons. The quantitative estimate of drug-likeness (QED) is 0.750. The molecule has 1 aromatic carbocycles. The van der Waals surface area contributed by atoms with Crippen LogP contribution in [0.3, 0.4) is 0 Å². The van der Waals surface area contributed by atoms with E-state index in [2.05, 4.69) is 15.0 Å². The number of sulfonamides is 1. The molecule has 0 aliphatic heterocycles. The van der Waals surface area contributed by atoms with Gasteiger partial charge in [0.25, 0.3) is 5.91 Å². The number of thiazole rings is 1. The molecule has 0 fully saturated rings. The SMILES string of the molecule is CNS(=O)(=O)c1cc(C(=O)Nc2nc3ccccc3s2)n(C)c1. The number of para-hydroxylation sites is 1. The van der Waals surface area contributed by atoms with Gasteiger partial charge in [-0.3, -0.25) is 10.1 Å². The first-order chi connectivity index (χ1) is 10.9. The summed E-state index contributed by atoms with van der Waals surface area (Å²) in [7, 11) is -0.655. The number of hydrogen-bond donors (Lipinski definition) is 2. The van der Waals surface area contributed by atoms with Crippen molar-refractivity contribution < 1.29 is 13.2 Å². The van der Waals surface area contributed by atoms with Crippen LogP contribution in [0.1, 0.15) is 10.5 Å². The Kier molecular flexibility index (Phi) is 3.92. The molecule has 9 heteroatoms. The van der Waals surface area contributed by atoms with Crippen LogP contribution >= 0.6 is 11.3 Å². The number of anilines is 1. The van der Waals surface area contributed by atoms with Gasteiger partial charge in [0.1, 0.15) is 10.6 Å². The number of carbonyl (C=O) groups is 1. The van der Waals surface area contributed by atoms with Gasteiger partial charge < -0.3 is 4.57 Å². The third-order valence-corrected chi connectivity index (χ3v) is 5.64. The minimum absolute atomic E-state index is 0.0388. The van der Waals surface area contributed by atoms with E-state index in [4.69, 9.17) is 0 Å². The van der Waals surface area contributed by atoms with Crippen LogP contribution < -0.4 is 10.0 Å². The van der Waals surface area contributed by atoms with E-state index in [0.29, 0.717) is 5.13 Å². The Balaban J connectivity index is 1.89. The third kappa shape index (κ3) is 2.98. The van der Waals surface area contributed by atoms with Crippen molar-refractivity contribution in [2.24, 2.45) is 7.05 Å². The Morgan fingerprint density at radius 3 is 2.74 bits per heavy atom. The molecule has 7 nitrogen and oxygen atoms in total. The maximum Gasteiger partial charge on any atom is 0.274 e. The van der Waals surface area contributed by atoms with Gasteiger partial charge in [0, 0.05) is 13.2 Å². The number of benzene rings is 1. The second-order valence-electron chi connectivity index (χ2n) is 4.82. The predicted molar refractivity (Wildman–Crippen MR) is 89.2 cm³/mol. The fourth-order valence-electron chi connectivity index (χ4n) is 2.11. The number of rotatable bonds is 4. The van der Waals surface area contributed by atoms with Crippen LogP contribution in [0.4, 0.5) is 5.13 Å². The minimum Gasteiger partial charge on any atom is -0.345 e. The van der Waals surface area contributed by atoms with Crippen LogP contribution in [-0.2, 0) is 17.1 Å². The Morgan fingerprint density at radius 2 is 2.04 bits per heavy atom. The number of carbonyl (C=O) groups excluding carboxylic acids is 1. The highest BCUT2D eigenvalue weighted by Gasteiger charge is 2.20. The Labute approximate surface area is 137 Å². The van der Waals surface area contributed by atoms with Crippen molar-refractivity contribution in [2.45, 2.75) is 4.90 Å². The highest BCUT2D eigenvalue weighted by molar-refractivity contribution is 7.89. The molecule has 23 heavy (non-hydrogen) atoms. The van der Waals surface area contributed by atoms with Gasteiger partial charge in [0.15, 0.2) is 5.13 Å². The van der Waals surface area contributed by atoms with Gasteiger partial charge in [-0.2, -0.15) is 0 Å². The van der Waals surface area contributed by atoms with Gasteiger partial charge in [-0.1, -0.05) is 23.5 Å². The first-order valence-electron chi connectivity index (χ1n) is 6.67. The molecule has 0 bridgehead atoms. The predicted octanol–water partition coefficient (Wildman–Crippen LogP) is 1.80. The monoisotopic (exact) mass is 350 g/mol. The summed E-state index contributed by atoms with van der Waals surface area (Å²) in [5.41, 5.74) is 1.04. The van der Waals surface area contributed by atoms with Gasteiger partial charge in [0.05, 0.1) is 10.2 Å². The van der Waals surface area contributed by atoms with Gasteiger partial charge in [-0.15, -0.1) is 0 Å². The summed E-state index contributed by atoms with van der Waals surface area (Å²) in [6.07, 6.45) is 1.39. The molecule has 0 radical (unpaired) electrons. The first-order valence-corrected chi connectivity index (χ1v) is 8.97. The minimum atomic E-state index is -3.59. The van der Waals surface area contributed by atoms with Crippen molar-refractivity contribution >= 4 is 42.6 Å². The second kappa shape index (κ2) is 5.76. The Morgan fingerprint density at radius 1 is 1.30 bits per heavy atom. The molecule has 0 aliphatic rings. The molecule has 2 aromatic heterocycles. The number of nitrogens with zero attached hydrogens (tertiary/aromatic N) is 2. The molecule has 0 saturated heterocycles. The first kappa shape index (κ1) is 15.7. The lowest BCUT2D eigenvalue weighted by Gasteiger charge is -2.01. The van der Waals surface area contributed by atoms with E-state index in [1.807, 2.05) is 24.3 Å². The van der Waals surface area contributed by atoms with Crippen molar-refractivity contribution in [1.29, 1.82) is 0 Å². The van der Waals surface area contributed by atoms with Gasteiger partial charge in [0.2, 0.25) is 10.0 Å². The summed E-state index contributed by atoms with van der Waals surface area (Å²) in [6.45, 7) is 0. The van der Waals surface area contributed by atoms with Crippen LogP contribution in [-0.4, -0.2) is 30.9 Å². The Hall–Kier alpha value is -2.23. The fourth-order valence-corrected chi connectivity index (χ4v) is 3.77. The normalized spacial score (nSPS) is 11.7. The topological polar surface area (TPSA) is 93.1 Å². The van der Waals surface area contributed by atoms with E-state index in [1.54, 1.807) is 7.05 Å². The van der Waals surface area contributed by atoms with E-state index in [-0.39, 0.29) is 10.6 Å². The lowest BCUT2D eigenvalue weighted by atomic mass is 10.3. The number of amides is 1. The summed E-state index contributed by atoms with van der Waals surface area (Å²) >= 11 is 1.36. The summed E-state index contributed by atoms with van der Waals surface area (Å²) < 4.78 is 28.2. The number of nitrogens with one attached hydrogen (secondary N) is 2. The highest BCUT2D eigenvalue weighted by Crippen LogP contribution is 2.26. The van der Waals surface area contributed by atoms with Crippen LogP contribution in [0, 0.1) is 0 Å². The standard InChI is InChI=1S/C14H14N4O3S2/c1-15-23(20,21)9-7-11(18(2)8-9)13(19)17-14-16-10-5-3-4-6-12(10)22-14/h3-8,15H,1-2H3,(H,16,17,19). The lowest BCUT2D eigenvalue weighted by Crippen LogP contribution is -2.18. The molecule has 0 aliphatic carbocycles. The summed E-state index contributed by atoms with van der Waals surface area (Å²) in [6, 6.07) is 8.89. The maximum atomic E-state index is 12.4. The molecule has 0 saturated carbocycles. The van der Waals surface area contributed by atoms with Crippen LogP contribution in [0.5, 0.6) is 0 Å². The van der Waals surface area contributed by atoms with Crippen LogP contribution in [0.15, 0.2) is 41.4 Å². The number of aryl methyl sites for hydroxylation is 1.